The molecule has 0 spiro atoms. The van der Waals surface area contributed by atoms with Gasteiger partial charge in [-0.15, -0.1) is 36.2 Å². The summed E-state index contributed by atoms with van der Waals surface area (Å²) in [6.07, 6.45) is 3.08. The Morgan fingerprint density at radius 2 is 2.22 bits per heavy atom. The van der Waals surface area contributed by atoms with Crippen molar-refractivity contribution >= 4 is 42.1 Å². The first-order valence-electron chi connectivity index (χ1n) is 5.65. The second-order valence-corrected chi connectivity index (χ2v) is 5.01. The lowest BCUT2D eigenvalue weighted by Crippen LogP contribution is -2.26. The Morgan fingerprint density at radius 1 is 1.50 bits per heavy atom. The molecule has 1 fully saturated rings. The van der Waals surface area contributed by atoms with Gasteiger partial charge in [0.15, 0.2) is 0 Å². The molecule has 4 nitrogen and oxygen atoms in total. The van der Waals surface area contributed by atoms with Crippen LogP contribution in [0.2, 0.25) is 0 Å². The normalized spacial score (nSPS) is 13.4. The Morgan fingerprint density at radius 3 is 2.83 bits per heavy atom. The molecule has 1 aliphatic carbocycles. The molecule has 104 valence electrons. The predicted molar refractivity (Wildman–Crippen MR) is 79.0 cm³/mol. The minimum Gasteiger partial charge on any atom is -0.350 e. The van der Waals surface area contributed by atoms with E-state index >= 15 is 0 Å². The maximum Gasteiger partial charge on any atom is 0.221 e. The van der Waals surface area contributed by atoms with Gasteiger partial charge in [-0.05, 0) is 19.9 Å². The molecule has 0 aliphatic heterocycles. The SMILES string of the molecule is CNCCC(=O)NCc1nc(C2CC2)cs1.Cl.Cl. The van der Waals surface area contributed by atoms with Crippen molar-refractivity contribution in [3.8, 4) is 0 Å². The summed E-state index contributed by atoms with van der Waals surface area (Å²) >= 11 is 1.64. The Balaban J connectivity index is 0.00000144. The van der Waals surface area contributed by atoms with Gasteiger partial charge in [0.05, 0.1) is 12.2 Å². The van der Waals surface area contributed by atoms with Gasteiger partial charge < -0.3 is 10.6 Å². The summed E-state index contributed by atoms with van der Waals surface area (Å²) in [4.78, 5) is 15.9. The summed E-state index contributed by atoms with van der Waals surface area (Å²) in [5, 5.41) is 8.96. The van der Waals surface area contributed by atoms with Crippen molar-refractivity contribution in [2.75, 3.05) is 13.6 Å². The largest absolute Gasteiger partial charge is 0.350 e. The zero-order valence-corrected chi connectivity index (χ0v) is 12.7. The fourth-order valence-corrected chi connectivity index (χ4v) is 2.29. The van der Waals surface area contributed by atoms with Crippen molar-refractivity contribution in [3.63, 3.8) is 0 Å². The Bertz CT molecular complexity index is 369. The summed E-state index contributed by atoms with van der Waals surface area (Å²) < 4.78 is 0. The highest BCUT2D eigenvalue weighted by molar-refractivity contribution is 7.09. The molecule has 1 saturated carbocycles. The average molecular weight is 312 g/mol. The fourth-order valence-electron chi connectivity index (χ4n) is 1.47. The molecule has 7 heteroatoms. The minimum absolute atomic E-state index is 0. The van der Waals surface area contributed by atoms with E-state index in [2.05, 4.69) is 21.0 Å². The van der Waals surface area contributed by atoms with E-state index in [9.17, 15) is 4.79 Å². The number of thiazole rings is 1. The maximum atomic E-state index is 11.4. The van der Waals surface area contributed by atoms with Crippen molar-refractivity contribution in [1.82, 2.24) is 15.6 Å². The van der Waals surface area contributed by atoms with E-state index in [-0.39, 0.29) is 30.7 Å². The Hall–Kier alpha value is -0.360. The van der Waals surface area contributed by atoms with Crippen molar-refractivity contribution in [2.24, 2.45) is 0 Å². The predicted octanol–water partition coefficient (Wildman–Crippen LogP) is 2.09. The number of rotatable bonds is 6. The number of carbonyl (C=O) groups is 1. The average Bonchev–Trinajstić information content (AvgIpc) is 3.03. The van der Waals surface area contributed by atoms with Gasteiger partial charge in [-0.3, -0.25) is 4.79 Å². The summed E-state index contributed by atoms with van der Waals surface area (Å²) in [6, 6.07) is 0. The first-order valence-corrected chi connectivity index (χ1v) is 6.53. The number of hydrogen-bond acceptors (Lipinski definition) is 4. The number of halogens is 2. The van der Waals surface area contributed by atoms with E-state index in [1.54, 1.807) is 11.3 Å². The lowest BCUT2D eigenvalue weighted by atomic mass is 10.3. The fraction of sp³-hybridized carbons (Fsp3) is 0.636. The van der Waals surface area contributed by atoms with E-state index in [4.69, 9.17) is 0 Å². The highest BCUT2D eigenvalue weighted by atomic mass is 35.5. The maximum absolute atomic E-state index is 11.4. The van der Waals surface area contributed by atoms with Crippen molar-refractivity contribution in [1.29, 1.82) is 0 Å². The standard InChI is InChI=1S/C11H17N3OS.2ClH/c1-12-5-4-10(15)13-6-11-14-9(7-16-11)8-2-3-8;;/h7-8,12H,2-6H2,1H3,(H,13,15);2*1H. The van der Waals surface area contributed by atoms with Crippen LogP contribution < -0.4 is 10.6 Å². The molecule has 1 heterocycles. The van der Waals surface area contributed by atoms with Crippen LogP contribution in [0.5, 0.6) is 0 Å². The Labute approximate surface area is 124 Å². The summed E-state index contributed by atoms with van der Waals surface area (Å²) in [6.45, 7) is 1.29. The molecule has 0 aromatic carbocycles. The topological polar surface area (TPSA) is 54.0 Å². The Kier molecular flexibility index (Phi) is 8.52. The number of aromatic nitrogens is 1. The zero-order chi connectivity index (χ0) is 11.4. The van der Waals surface area contributed by atoms with Crippen LogP contribution in [0.3, 0.4) is 0 Å². The van der Waals surface area contributed by atoms with Crippen LogP contribution in [0.4, 0.5) is 0 Å². The quantitative estimate of drug-likeness (QED) is 0.846. The number of nitrogens with one attached hydrogen (secondary N) is 2. The third kappa shape index (κ3) is 5.52. The third-order valence-corrected chi connectivity index (χ3v) is 3.47. The molecule has 0 unspecified atom stereocenters. The molecular weight excluding hydrogens is 293 g/mol. The molecule has 1 aromatic heterocycles. The smallest absolute Gasteiger partial charge is 0.221 e. The van der Waals surface area contributed by atoms with Gasteiger partial charge in [-0.1, -0.05) is 0 Å². The second-order valence-electron chi connectivity index (χ2n) is 4.07. The summed E-state index contributed by atoms with van der Waals surface area (Å²) in [7, 11) is 1.84. The van der Waals surface area contributed by atoms with Gasteiger partial charge in [0, 0.05) is 24.3 Å². The molecule has 1 aliphatic rings. The number of hydrogen-bond donors (Lipinski definition) is 2. The lowest BCUT2D eigenvalue weighted by Gasteiger charge is -2.02. The van der Waals surface area contributed by atoms with E-state index in [0.29, 0.717) is 18.9 Å². The van der Waals surface area contributed by atoms with Crippen LogP contribution in [0.15, 0.2) is 5.38 Å². The second kappa shape index (κ2) is 8.69. The van der Waals surface area contributed by atoms with E-state index in [1.165, 1.54) is 18.5 Å². The summed E-state index contributed by atoms with van der Waals surface area (Å²) in [5.41, 5.74) is 1.21. The first kappa shape index (κ1) is 17.6. The van der Waals surface area contributed by atoms with Gasteiger partial charge in [0.1, 0.15) is 5.01 Å². The van der Waals surface area contributed by atoms with Gasteiger partial charge >= 0.3 is 0 Å². The number of carbonyl (C=O) groups excluding carboxylic acids is 1. The van der Waals surface area contributed by atoms with Crippen LogP contribution in [0.25, 0.3) is 0 Å². The molecule has 0 bridgehead atoms. The van der Waals surface area contributed by atoms with Gasteiger partial charge in [0.2, 0.25) is 5.91 Å². The molecule has 2 rings (SSSR count). The van der Waals surface area contributed by atoms with Gasteiger partial charge in [0.25, 0.3) is 0 Å². The third-order valence-electron chi connectivity index (χ3n) is 2.60. The molecule has 1 amide bonds. The zero-order valence-electron chi connectivity index (χ0n) is 10.3. The molecule has 2 N–H and O–H groups in total. The van der Waals surface area contributed by atoms with E-state index < -0.39 is 0 Å². The first-order chi connectivity index (χ1) is 7.79. The molecule has 0 atom stereocenters. The van der Waals surface area contributed by atoms with Crippen LogP contribution >= 0.6 is 36.2 Å². The van der Waals surface area contributed by atoms with Crippen LogP contribution in [-0.4, -0.2) is 24.5 Å². The molecule has 0 saturated heterocycles. The van der Waals surface area contributed by atoms with Crippen molar-refractivity contribution in [3.05, 3.63) is 16.1 Å². The van der Waals surface area contributed by atoms with Crippen LogP contribution in [-0.2, 0) is 11.3 Å². The lowest BCUT2D eigenvalue weighted by molar-refractivity contribution is -0.121. The molecule has 1 aromatic rings. The number of amides is 1. The molecule has 0 radical (unpaired) electrons. The van der Waals surface area contributed by atoms with Gasteiger partial charge in [-0.2, -0.15) is 0 Å². The number of nitrogens with zero attached hydrogens (tertiary/aromatic N) is 1. The van der Waals surface area contributed by atoms with E-state index in [0.717, 1.165) is 11.6 Å². The van der Waals surface area contributed by atoms with Crippen LogP contribution in [0, 0.1) is 0 Å². The van der Waals surface area contributed by atoms with Crippen LogP contribution in [0.1, 0.15) is 35.9 Å². The highest BCUT2D eigenvalue weighted by Crippen LogP contribution is 2.40. The van der Waals surface area contributed by atoms with Gasteiger partial charge in [-0.25, -0.2) is 4.98 Å². The summed E-state index contributed by atoms with van der Waals surface area (Å²) in [5.74, 6) is 0.780. The molecule has 18 heavy (non-hydrogen) atoms. The highest BCUT2D eigenvalue weighted by Gasteiger charge is 2.25. The molecular formula is C11H19Cl2N3OS. The van der Waals surface area contributed by atoms with Crippen molar-refractivity contribution < 1.29 is 4.79 Å². The monoisotopic (exact) mass is 311 g/mol. The van der Waals surface area contributed by atoms with Crippen molar-refractivity contribution in [2.45, 2.75) is 31.7 Å². The van der Waals surface area contributed by atoms with E-state index in [1.807, 2.05) is 7.05 Å². The minimum atomic E-state index is 0.